The van der Waals surface area contributed by atoms with Gasteiger partial charge in [0.2, 0.25) is 0 Å². The Bertz CT molecular complexity index is 412. The van der Waals surface area contributed by atoms with Crippen LogP contribution < -0.4 is 0 Å². The monoisotopic (exact) mass is 354 g/mol. The van der Waals surface area contributed by atoms with Crippen LogP contribution in [0.2, 0.25) is 0 Å². The van der Waals surface area contributed by atoms with Gasteiger partial charge < -0.3 is 4.74 Å². The van der Waals surface area contributed by atoms with E-state index in [2.05, 4.69) is 16.9 Å². The number of nitrogens with zero attached hydrogens (tertiary/aromatic N) is 2. The highest BCUT2D eigenvalue weighted by atomic mass is 32.1. The van der Waals surface area contributed by atoms with Gasteiger partial charge in [-0.1, -0.05) is 48.1 Å². The number of aryl methyl sites for hydroxylation is 2. The molecule has 0 aromatic carbocycles. The first-order valence-electron chi connectivity index (χ1n) is 8.48. The van der Waals surface area contributed by atoms with E-state index in [0.717, 1.165) is 19.1 Å². The van der Waals surface area contributed by atoms with Crippen LogP contribution in [-0.4, -0.2) is 23.2 Å². The molecule has 0 aliphatic carbocycles. The van der Waals surface area contributed by atoms with Gasteiger partial charge in [-0.05, 0) is 37.8 Å². The topological polar surface area (TPSA) is 35.0 Å². The summed E-state index contributed by atoms with van der Waals surface area (Å²) in [7, 11) is 0. The summed E-state index contributed by atoms with van der Waals surface area (Å²) >= 11 is 1.67. The lowest BCUT2D eigenvalue weighted by Crippen LogP contribution is -1.88. The molecule has 0 bridgehead atoms. The predicted octanol–water partition coefficient (Wildman–Crippen LogP) is 6.57. The number of ether oxygens (including phenoxy) is 1. The van der Waals surface area contributed by atoms with Gasteiger partial charge in [-0.15, -0.1) is 11.3 Å². The molecule has 0 N–H and O–H groups in total. The van der Waals surface area contributed by atoms with Crippen LogP contribution in [0.5, 0.6) is 0 Å². The van der Waals surface area contributed by atoms with E-state index in [1.807, 2.05) is 71.6 Å². The van der Waals surface area contributed by atoms with Crippen LogP contribution >= 0.6 is 11.3 Å². The van der Waals surface area contributed by atoms with Crippen molar-refractivity contribution in [1.29, 1.82) is 0 Å². The normalized spacial score (nSPS) is 13.9. The molecule has 0 amide bonds. The van der Waals surface area contributed by atoms with E-state index in [4.69, 9.17) is 4.74 Å². The SMILES string of the molecule is C.CC.CC.CC1CCOC1.Cc1cccnc1.Cc1cncs1. The van der Waals surface area contributed by atoms with Gasteiger partial charge in [0.15, 0.2) is 0 Å². The Balaban J connectivity index is -0.000000246. The van der Waals surface area contributed by atoms with Crippen molar-refractivity contribution in [3.05, 3.63) is 46.7 Å². The van der Waals surface area contributed by atoms with Crippen LogP contribution in [0, 0.1) is 19.8 Å². The molecule has 3 rings (SSSR count). The Morgan fingerprint density at radius 1 is 1.08 bits per heavy atom. The van der Waals surface area contributed by atoms with Gasteiger partial charge in [0.1, 0.15) is 0 Å². The van der Waals surface area contributed by atoms with Crippen molar-refractivity contribution in [3.8, 4) is 0 Å². The summed E-state index contributed by atoms with van der Waals surface area (Å²) in [6.45, 7) is 16.2. The quantitative estimate of drug-likeness (QED) is 0.536. The largest absolute Gasteiger partial charge is 0.381 e. The van der Waals surface area contributed by atoms with E-state index in [1.165, 1.54) is 16.9 Å². The minimum Gasteiger partial charge on any atom is -0.381 e. The van der Waals surface area contributed by atoms with Gasteiger partial charge in [0, 0.05) is 36.7 Å². The average Bonchev–Trinajstić information content (AvgIpc) is 3.27. The number of hydrogen-bond donors (Lipinski definition) is 0. The second-order valence-corrected chi connectivity index (χ2v) is 5.70. The molecule has 1 saturated heterocycles. The van der Waals surface area contributed by atoms with E-state index >= 15 is 0 Å². The lowest BCUT2D eigenvalue weighted by molar-refractivity contribution is 0.188. The highest BCUT2D eigenvalue weighted by molar-refractivity contribution is 7.09. The maximum atomic E-state index is 5.06. The van der Waals surface area contributed by atoms with Gasteiger partial charge >= 0.3 is 0 Å². The predicted molar refractivity (Wildman–Crippen MR) is 110 cm³/mol. The summed E-state index contributed by atoms with van der Waals surface area (Å²) < 4.78 is 5.06. The van der Waals surface area contributed by atoms with E-state index in [0.29, 0.717) is 0 Å². The number of pyridine rings is 1. The zero-order valence-corrected chi connectivity index (χ0v) is 16.7. The fraction of sp³-hybridized carbons (Fsp3) is 0.600. The second-order valence-electron chi connectivity index (χ2n) is 4.61. The third kappa shape index (κ3) is 18.8. The molecule has 1 atom stereocenters. The highest BCUT2D eigenvalue weighted by Crippen LogP contribution is 2.09. The lowest BCUT2D eigenvalue weighted by atomic mass is 10.2. The first-order valence-corrected chi connectivity index (χ1v) is 9.36. The molecule has 1 fully saturated rings. The van der Waals surface area contributed by atoms with Crippen molar-refractivity contribution in [3.63, 3.8) is 0 Å². The first-order chi connectivity index (χ1) is 11.2. The molecule has 4 heteroatoms. The molecule has 140 valence electrons. The van der Waals surface area contributed by atoms with E-state index in [9.17, 15) is 0 Å². The Morgan fingerprint density at radius 3 is 1.92 bits per heavy atom. The maximum Gasteiger partial charge on any atom is 0.0794 e. The average molecular weight is 355 g/mol. The molecule has 1 aliphatic rings. The lowest BCUT2D eigenvalue weighted by Gasteiger charge is -1.89. The summed E-state index contributed by atoms with van der Waals surface area (Å²) in [6.07, 6.45) is 6.72. The summed E-state index contributed by atoms with van der Waals surface area (Å²) in [5, 5.41) is 0. The third-order valence-corrected chi connectivity index (χ3v) is 3.23. The molecule has 1 unspecified atom stereocenters. The standard InChI is InChI=1S/C6H7N.C5H10O.C4H5NS.2C2H6.CH4/c1-6-3-2-4-7-5-6;1-5-2-3-6-4-5;1-4-2-5-3-6-4;2*1-2;/h2-5H,1H3;5H,2-4H2,1H3;2-3H,1H3;2*1-2H3;1H4. The summed E-state index contributed by atoms with van der Waals surface area (Å²) in [5.74, 6) is 0.824. The zero-order valence-electron chi connectivity index (χ0n) is 15.9. The van der Waals surface area contributed by atoms with Crippen LogP contribution in [-0.2, 0) is 4.74 Å². The molecule has 0 saturated carbocycles. The van der Waals surface area contributed by atoms with E-state index in [-0.39, 0.29) is 7.43 Å². The minimum atomic E-state index is 0. The summed E-state index contributed by atoms with van der Waals surface area (Å²) in [6, 6.07) is 3.95. The summed E-state index contributed by atoms with van der Waals surface area (Å²) in [5.41, 5.74) is 3.04. The smallest absolute Gasteiger partial charge is 0.0794 e. The fourth-order valence-electron chi connectivity index (χ4n) is 1.38. The summed E-state index contributed by atoms with van der Waals surface area (Å²) in [4.78, 5) is 9.00. The van der Waals surface area contributed by atoms with Gasteiger partial charge in [-0.3, -0.25) is 9.97 Å². The Morgan fingerprint density at radius 2 is 1.75 bits per heavy atom. The van der Waals surface area contributed by atoms with Crippen molar-refractivity contribution in [1.82, 2.24) is 9.97 Å². The molecule has 0 radical (unpaired) electrons. The van der Waals surface area contributed by atoms with Crippen LogP contribution in [0.4, 0.5) is 0 Å². The van der Waals surface area contributed by atoms with Crippen LogP contribution in [0.25, 0.3) is 0 Å². The Hall–Kier alpha value is -1.26. The van der Waals surface area contributed by atoms with Crippen molar-refractivity contribution in [2.75, 3.05) is 13.2 Å². The van der Waals surface area contributed by atoms with Crippen LogP contribution in [0.1, 0.15) is 58.9 Å². The van der Waals surface area contributed by atoms with Crippen LogP contribution in [0.15, 0.2) is 36.2 Å². The highest BCUT2D eigenvalue weighted by Gasteiger charge is 2.07. The van der Waals surface area contributed by atoms with Crippen molar-refractivity contribution >= 4 is 11.3 Å². The minimum absolute atomic E-state index is 0. The number of rotatable bonds is 0. The Labute approximate surface area is 154 Å². The molecule has 24 heavy (non-hydrogen) atoms. The zero-order chi connectivity index (χ0) is 17.9. The molecule has 2 aromatic heterocycles. The molecule has 3 heterocycles. The molecule has 3 nitrogen and oxygen atoms in total. The Kier molecular flexibility index (Phi) is 25.0. The number of aromatic nitrogens is 2. The molecule has 1 aliphatic heterocycles. The second kappa shape index (κ2) is 21.7. The van der Waals surface area contributed by atoms with Gasteiger partial charge in [-0.25, -0.2) is 0 Å². The van der Waals surface area contributed by atoms with Crippen LogP contribution in [0.3, 0.4) is 0 Å². The molecule has 0 spiro atoms. The van der Waals surface area contributed by atoms with Gasteiger partial charge in [0.05, 0.1) is 5.51 Å². The molecular weight excluding hydrogens is 316 g/mol. The van der Waals surface area contributed by atoms with E-state index < -0.39 is 0 Å². The molecular formula is C20H38N2OS. The first kappa shape index (κ1) is 27.6. The van der Waals surface area contributed by atoms with Gasteiger partial charge in [0.25, 0.3) is 0 Å². The number of hydrogen-bond acceptors (Lipinski definition) is 4. The fourth-order valence-corrected chi connectivity index (χ4v) is 1.79. The molecule has 2 aromatic rings. The van der Waals surface area contributed by atoms with Crippen molar-refractivity contribution in [2.45, 2.75) is 62.3 Å². The van der Waals surface area contributed by atoms with E-state index in [1.54, 1.807) is 17.5 Å². The number of thiazole rings is 1. The maximum absolute atomic E-state index is 5.06. The van der Waals surface area contributed by atoms with Gasteiger partial charge in [-0.2, -0.15) is 0 Å². The van der Waals surface area contributed by atoms with Crippen molar-refractivity contribution in [2.24, 2.45) is 5.92 Å². The third-order valence-electron chi connectivity index (χ3n) is 2.52. The van der Waals surface area contributed by atoms with Crippen molar-refractivity contribution < 1.29 is 4.74 Å².